The molecule has 0 bridgehead atoms. The fourth-order valence-electron chi connectivity index (χ4n) is 1.36. The van der Waals surface area contributed by atoms with Crippen molar-refractivity contribution in [3.63, 3.8) is 0 Å². The van der Waals surface area contributed by atoms with Crippen LogP contribution in [0.15, 0.2) is 28.9 Å². The van der Waals surface area contributed by atoms with Crippen molar-refractivity contribution in [2.45, 2.75) is 52.9 Å². The molecule has 0 fully saturated rings. The third kappa shape index (κ3) is 5.40. The van der Waals surface area contributed by atoms with Gasteiger partial charge in [0.05, 0.1) is 5.84 Å². The molecule has 0 aromatic carbocycles. The number of amidine groups is 1. The normalized spacial score (nSPS) is 13.7. The summed E-state index contributed by atoms with van der Waals surface area (Å²) in [6, 6.07) is 0. The summed E-state index contributed by atoms with van der Waals surface area (Å²) >= 11 is 0. The number of unbranched alkanes of at least 4 members (excludes halogenated alkanes) is 1. The van der Waals surface area contributed by atoms with Crippen molar-refractivity contribution in [2.75, 3.05) is 0 Å². The fraction of sp³-hybridized carbons (Fsp3) is 0.615. The van der Waals surface area contributed by atoms with Gasteiger partial charge in [-0.05, 0) is 24.8 Å². The Balaban J connectivity index is 4.81. The molecule has 0 heterocycles. The van der Waals surface area contributed by atoms with Gasteiger partial charge in [-0.3, -0.25) is 0 Å². The van der Waals surface area contributed by atoms with Crippen LogP contribution in [0.3, 0.4) is 0 Å². The first-order valence-electron chi connectivity index (χ1n) is 5.86. The number of hydrogen-bond donors (Lipinski definition) is 1. The van der Waals surface area contributed by atoms with E-state index in [9.17, 15) is 0 Å². The molecular weight excluding hydrogens is 184 g/mol. The van der Waals surface area contributed by atoms with E-state index in [2.05, 4.69) is 25.4 Å². The molecule has 0 amide bonds. The number of rotatable bonds is 7. The van der Waals surface area contributed by atoms with Gasteiger partial charge in [-0.25, -0.2) is 4.99 Å². The van der Waals surface area contributed by atoms with Crippen molar-refractivity contribution in [1.82, 2.24) is 0 Å². The summed E-state index contributed by atoms with van der Waals surface area (Å²) in [6.45, 7) is 10.2. The zero-order chi connectivity index (χ0) is 11.7. The first-order chi connectivity index (χ1) is 7.19. The molecule has 15 heavy (non-hydrogen) atoms. The van der Waals surface area contributed by atoms with E-state index in [1.807, 2.05) is 13.0 Å². The van der Waals surface area contributed by atoms with Crippen LogP contribution in [0.2, 0.25) is 0 Å². The van der Waals surface area contributed by atoms with Gasteiger partial charge in [-0.15, -0.1) is 0 Å². The molecule has 0 unspecified atom stereocenters. The second kappa shape index (κ2) is 8.27. The van der Waals surface area contributed by atoms with E-state index in [1.165, 1.54) is 18.4 Å². The highest BCUT2D eigenvalue weighted by Gasteiger charge is 2.01. The molecule has 2 N–H and O–H groups in total. The standard InChI is InChI=1S/C13H24N2/c1-5-9-10-11(6-2)12(7-3)15-13(14)8-4/h6H,2,5,7-10H2,1,3-4H3,(H2,14,15)/b12-11+. The lowest BCUT2D eigenvalue weighted by molar-refractivity contribution is 0.786. The monoisotopic (exact) mass is 208 g/mol. The van der Waals surface area contributed by atoms with Crippen LogP contribution in [0.5, 0.6) is 0 Å². The SMILES string of the molecule is C=C/C(CCCC)=C(/CC)N=C(N)CC. The average Bonchev–Trinajstić information content (AvgIpc) is 2.27. The molecule has 0 aliphatic heterocycles. The predicted octanol–water partition coefficient (Wildman–Crippen LogP) is 3.79. The van der Waals surface area contributed by atoms with Crippen LogP contribution in [0.4, 0.5) is 0 Å². The number of allylic oxidation sites excluding steroid dienone is 3. The second-order valence-corrected chi connectivity index (χ2v) is 3.59. The smallest absolute Gasteiger partial charge is 0.0989 e. The molecule has 2 nitrogen and oxygen atoms in total. The molecule has 2 heteroatoms. The topological polar surface area (TPSA) is 38.4 Å². The summed E-state index contributed by atoms with van der Waals surface area (Å²) in [4.78, 5) is 4.44. The lowest BCUT2D eigenvalue weighted by atomic mass is 10.1. The Bertz CT molecular complexity index is 249. The molecule has 0 aliphatic rings. The summed E-state index contributed by atoms with van der Waals surface area (Å²) in [5.41, 5.74) is 8.09. The van der Waals surface area contributed by atoms with E-state index in [4.69, 9.17) is 5.73 Å². The highest BCUT2D eigenvalue weighted by Crippen LogP contribution is 2.17. The fourth-order valence-corrected chi connectivity index (χ4v) is 1.36. The van der Waals surface area contributed by atoms with Gasteiger partial charge in [0.2, 0.25) is 0 Å². The van der Waals surface area contributed by atoms with Crippen LogP contribution >= 0.6 is 0 Å². The van der Waals surface area contributed by atoms with Gasteiger partial charge in [-0.2, -0.15) is 0 Å². The molecule has 0 aromatic heterocycles. The molecule has 0 spiro atoms. The van der Waals surface area contributed by atoms with Crippen LogP contribution in [-0.2, 0) is 0 Å². The molecule has 86 valence electrons. The van der Waals surface area contributed by atoms with Crippen molar-refractivity contribution in [3.05, 3.63) is 23.9 Å². The number of nitrogens with zero attached hydrogens (tertiary/aromatic N) is 1. The van der Waals surface area contributed by atoms with Gasteiger partial charge in [0.15, 0.2) is 0 Å². The molecule has 0 radical (unpaired) electrons. The lowest BCUT2D eigenvalue weighted by Crippen LogP contribution is -2.10. The van der Waals surface area contributed by atoms with Gasteiger partial charge >= 0.3 is 0 Å². The van der Waals surface area contributed by atoms with Crippen LogP contribution in [-0.4, -0.2) is 5.84 Å². The van der Waals surface area contributed by atoms with Gasteiger partial charge in [-0.1, -0.05) is 39.8 Å². The summed E-state index contributed by atoms with van der Waals surface area (Å²) in [7, 11) is 0. The third-order valence-electron chi connectivity index (χ3n) is 2.39. The Morgan fingerprint density at radius 1 is 1.27 bits per heavy atom. The molecular formula is C13H24N2. The van der Waals surface area contributed by atoms with Crippen molar-refractivity contribution >= 4 is 5.84 Å². The van der Waals surface area contributed by atoms with E-state index in [0.29, 0.717) is 5.84 Å². The molecule has 0 atom stereocenters. The van der Waals surface area contributed by atoms with Crippen LogP contribution in [0, 0.1) is 0 Å². The minimum atomic E-state index is 0.711. The van der Waals surface area contributed by atoms with E-state index < -0.39 is 0 Å². The largest absolute Gasteiger partial charge is 0.387 e. The van der Waals surface area contributed by atoms with E-state index >= 15 is 0 Å². The zero-order valence-corrected chi connectivity index (χ0v) is 10.3. The van der Waals surface area contributed by atoms with Crippen LogP contribution in [0.1, 0.15) is 52.9 Å². The van der Waals surface area contributed by atoms with E-state index in [-0.39, 0.29) is 0 Å². The molecule has 0 saturated heterocycles. The number of hydrogen-bond acceptors (Lipinski definition) is 1. The van der Waals surface area contributed by atoms with Gasteiger partial charge in [0, 0.05) is 12.1 Å². The molecule has 0 aromatic rings. The minimum Gasteiger partial charge on any atom is -0.387 e. The Morgan fingerprint density at radius 3 is 2.33 bits per heavy atom. The first kappa shape index (κ1) is 13.9. The maximum atomic E-state index is 5.75. The third-order valence-corrected chi connectivity index (χ3v) is 2.39. The van der Waals surface area contributed by atoms with Crippen molar-refractivity contribution in [3.8, 4) is 0 Å². The van der Waals surface area contributed by atoms with Crippen molar-refractivity contribution < 1.29 is 0 Å². The van der Waals surface area contributed by atoms with E-state index in [0.717, 1.165) is 25.0 Å². The zero-order valence-electron chi connectivity index (χ0n) is 10.3. The summed E-state index contributed by atoms with van der Waals surface area (Å²) in [5.74, 6) is 0.711. The quantitative estimate of drug-likeness (QED) is 0.386. The molecule has 0 aliphatic carbocycles. The van der Waals surface area contributed by atoms with Crippen LogP contribution < -0.4 is 5.73 Å². The van der Waals surface area contributed by atoms with Gasteiger partial charge in [0.25, 0.3) is 0 Å². The number of nitrogens with two attached hydrogens (primary N) is 1. The molecule has 0 saturated carbocycles. The maximum absolute atomic E-state index is 5.75. The predicted molar refractivity (Wildman–Crippen MR) is 69.0 cm³/mol. The Morgan fingerprint density at radius 2 is 1.93 bits per heavy atom. The summed E-state index contributed by atoms with van der Waals surface area (Å²) < 4.78 is 0. The first-order valence-corrected chi connectivity index (χ1v) is 5.86. The Kier molecular flexibility index (Phi) is 7.69. The minimum absolute atomic E-state index is 0.711. The number of aliphatic imine (C=N–C) groups is 1. The molecule has 0 rings (SSSR count). The van der Waals surface area contributed by atoms with Crippen molar-refractivity contribution in [2.24, 2.45) is 10.7 Å². The summed E-state index contributed by atoms with van der Waals surface area (Å²) in [6.07, 6.45) is 7.09. The Hall–Kier alpha value is -1.05. The summed E-state index contributed by atoms with van der Waals surface area (Å²) in [5, 5.41) is 0. The van der Waals surface area contributed by atoms with Crippen molar-refractivity contribution in [1.29, 1.82) is 0 Å². The van der Waals surface area contributed by atoms with Crippen LogP contribution in [0.25, 0.3) is 0 Å². The van der Waals surface area contributed by atoms with Gasteiger partial charge < -0.3 is 5.73 Å². The average molecular weight is 208 g/mol. The van der Waals surface area contributed by atoms with Gasteiger partial charge in [0.1, 0.15) is 0 Å². The maximum Gasteiger partial charge on any atom is 0.0989 e. The highest BCUT2D eigenvalue weighted by atomic mass is 14.9. The lowest BCUT2D eigenvalue weighted by Gasteiger charge is -2.07. The second-order valence-electron chi connectivity index (χ2n) is 3.59. The Labute approximate surface area is 94.0 Å². The van der Waals surface area contributed by atoms with E-state index in [1.54, 1.807) is 0 Å². The highest BCUT2D eigenvalue weighted by molar-refractivity contribution is 5.81.